The minimum atomic E-state index is -0.359. The van der Waals surface area contributed by atoms with Crippen LogP contribution in [-0.4, -0.2) is 54.6 Å². The fourth-order valence-corrected chi connectivity index (χ4v) is 1.41. The molecule has 0 saturated carbocycles. The van der Waals surface area contributed by atoms with Gasteiger partial charge in [0.15, 0.2) is 0 Å². The average Bonchev–Trinajstić information content (AvgIpc) is 1.79. The molecule has 0 fully saturated rings. The van der Waals surface area contributed by atoms with Crippen LogP contribution in [0.15, 0.2) is 0 Å². The van der Waals surface area contributed by atoms with Gasteiger partial charge in [-0.3, -0.25) is 0 Å². The van der Waals surface area contributed by atoms with Crippen LogP contribution in [0.3, 0.4) is 0 Å². The standard InChI is InChI=1S/C8H20NO2/c1-7(11)8(5-6-10)9(2,3)4/h7-8,10-11H,5-6H2,1-4H3/q+1. The number of rotatable bonds is 4. The van der Waals surface area contributed by atoms with Crippen LogP contribution < -0.4 is 0 Å². The van der Waals surface area contributed by atoms with E-state index >= 15 is 0 Å². The lowest BCUT2D eigenvalue weighted by Gasteiger charge is -2.35. The van der Waals surface area contributed by atoms with Gasteiger partial charge in [-0.1, -0.05) is 0 Å². The summed E-state index contributed by atoms with van der Waals surface area (Å²) in [5.74, 6) is 0. The third-order valence-corrected chi connectivity index (χ3v) is 1.98. The van der Waals surface area contributed by atoms with Crippen LogP contribution in [0, 0.1) is 0 Å². The molecule has 0 aromatic heterocycles. The third kappa shape index (κ3) is 3.70. The fourth-order valence-electron chi connectivity index (χ4n) is 1.41. The van der Waals surface area contributed by atoms with Crippen molar-refractivity contribution >= 4 is 0 Å². The first-order valence-corrected chi connectivity index (χ1v) is 3.99. The van der Waals surface area contributed by atoms with Crippen molar-refractivity contribution in [3.8, 4) is 0 Å². The summed E-state index contributed by atoms with van der Waals surface area (Å²) in [5, 5.41) is 18.1. The van der Waals surface area contributed by atoms with Gasteiger partial charge < -0.3 is 14.7 Å². The van der Waals surface area contributed by atoms with E-state index in [-0.39, 0.29) is 18.8 Å². The minimum absolute atomic E-state index is 0.125. The number of likely N-dealkylation sites (N-methyl/N-ethyl adjacent to an activating group) is 1. The topological polar surface area (TPSA) is 40.5 Å². The molecule has 0 rings (SSSR count). The molecular formula is C8H20NO2+. The second-order valence-electron chi connectivity index (χ2n) is 3.94. The number of hydrogen-bond acceptors (Lipinski definition) is 2. The summed E-state index contributed by atoms with van der Waals surface area (Å²) in [6.45, 7) is 1.91. The summed E-state index contributed by atoms with van der Waals surface area (Å²) in [5.41, 5.74) is 0. The van der Waals surface area contributed by atoms with Crippen molar-refractivity contribution in [3.63, 3.8) is 0 Å². The Bertz CT molecular complexity index is 107. The summed E-state index contributed by atoms with van der Waals surface area (Å²) < 4.78 is 0.693. The van der Waals surface area contributed by atoms with E-state index in [0.717, 1.165) is 0 Å². The van der Waals surface area contributed by atoms with Crippen LogP contribution in [0.2, 0.25) is 0 Å². The SMILES string of the molecule is CC(O)C(CCO)[N+](C)(C)C. The first-order chi connectivity index (χ1) is 4.89. The van der Waals surface area contributed by atoms with Gasteiger partial charge in [-0.25, -0.2) is 0 Å². The van der Waals surface area contributed by atoms with Crippen molar-refractivity contribution in [2.75, 3.05) is 27.7 Å². The van der Waals surface area contributed by atoms with Crippen molar-refractivity contribution in [2.24, 2.45) is 0 Å². The third-order valence-electron chi connectivity index (χ3n) is 1.98. The molecule has 0 saturated heterocycles. The highest BCUT2D eigenvalue weighted by atomic mass is 16.3. The van der Waals surface area contributed by atoms with Gasteiger partial charge in [-0.05, 0) is 6.92 Å². The van der Waals surface area contributed by atoms with Gasteiger partial charge in [-0.2, -0.15) is 0 Å². The Morgan fingerprint density at radius 1 is 1.27 bits per heavy atom. The molecule has 0 aromatic carbocycles. The predicted molar refractivity (Wildman–Crippen MR) is 45.2 cm³/mol. The van der Waals surface area contributed by atoms with E-state index in [1.54, 1.807) is 6.92 Å². The van der Waals surface area contributed by atoms with Gasteiger partial charge in [-0.15, -0.1) is 0 Å². The van der Waals surface area contributed by atoms with Crippen LogP contribution in [0.25, 0.3) is 0 Å². The smallest absolute Gasteiger partial charge is 0.117 e. The van der Waals surface area contributed by atoms with E-state index < -0.39 is 0 Å². The predicted octanol–water partition coefficient (Wildman–Crippen LogP) is -0.176. The second-order valence-corrected chi connectivity index (χ2v) is 3.94. The summed E-state index contributed by atoms with van der Waals surface area (Å²) >= 11 is 0. The van der Waals surface area contributed by atoms with E-state index in [0.29, 0.717) is 10.9 Å². The Hall–Kier alpha value is -0.120. The van der Waals surface area contributed by atoms with Crippen molar-refractivity contribution in [2.45, 2.75) is 25.5 Å². The monoisotopic (exact) mass is 162 g/mol. The molecule has 0 bridgehead atoms. The maximum absolute atomic E-state index is 9.35. The first kappa shape index (κ1) is 10.9. The van der Waals surface area contributed by atoms with Crippen molar-refractivity contribution in [1.29, 1.82) is 0 Å². The lowest BCUT2D eigenvalue weighted by molar-refractivity contribution is -0.900. The molecule has 0 aliphatic heterocycles. The summed E-state index contributed by atoms with van der Waals surface area (Å²) in [6, 6.07) is 0.125. The molecule has 0 aliphatic carbocycles. The van der Waals surface area contributed by atoms with Gasteiger partial charge in [0.2, 0.25) is 0 Å². The number of aliphatic hydroxyl groups excluding tert-OH is 2. The van der Waals surface area contributed by atoms with Gasteiger partial charge in [0.1, 0.15) is 12.1 Å². The van der Waals surface area contributed by atoms with E-state index in [1.807, 2.05) is 21.1 Å². The van der Waals surface area contributed by atoms with Crippen LogP contribution in [0.4, 0.5) is 0 Å². The molecule has 2 atom stereocenters. The van der Waals surface area contributed by atoms with Crippen LogP contribution in [0.1, 0.15) is 13.3 Å². The number of aliphatic hydroxyl groups is 2. The first-order valence-electron chi connectivity index (χ1n) is 3.99. The Morgan fingerprint density at radius 3 is 1.82 bits per heavy atom. The maximum Gasteiger partial charge on any atom is 0.117 e. The highest BCUT2D eigenvalue weighted by molar-refractivity contribution is 4.63. The molecule has 2 unspecified atom stereocenters. The Kier molecular flexibility index (Phi) is 4.00. The molecule has 0 spiro atoms. The normalized spacial score (nSPS) is 18.0. The fraction of sp³-hybridized carbons (Fsp3) is 1.00. The number of quaternary nitrogens is 1. The number of nitrogens with zero attached hydrogens (tertiary/aromatic N) is 1. The summed E-state index contributed by atoms with van der Waals surface area (Å²) in [6.07, 6.45) is 0.295. The maximum atomic E-state index is 9.35. The second kappa shape index (κ2) is 4.04. The van der Waals surface area contributed by atoms with Crippen LogP contribution >= 0.6 is 0 Å². The molecule has 0 aromatic rings. The molecular weight excluding hydrogens is 142 g/mol. The molecule has 0 heterocycles. The van der Waals surface area contributed by atoms with Crippen molar-refractivity contribution in [1.82, 2.24) is 0 Å². The highest BCUT2D eigenvalue weighted by Crippen LogP contribution is 2.11. The van der Waals surface area contributed by atoms with Gasteiger partial charge >= 0.3 is 0 Å². The average molecular weight is 162 g/mol. The minimum Gasteiger partial charge on any atom is -0.396 e. The summed E-state index contributed by atoms with van der Waals surface area (Å²) in [7, 11) is 6.06. The largest absolute Gasteiger partial charge is 0.396 e. The van der Waals surface area contributed by atoms with E-state index in [2.05, 4.69) is 0 Å². The van der Waals surface area contributed by atoms with E-state index in [9.17, 15) is 5.11 Å². The Morgan fingerprint density at radius 2 is 1.73 bits per heavy atom. The van der Waals surface area contributed by atoms with Crippen molar-refractivity contribution in [3.05, 3.63) is 0 Å². The van der Waals surface area contributed by atoms with Gasteiger partial charge in [0, 0.05) is 13.0 Å². The molecule has 3 nitrogen and oxygen atoms in total. The molecule has 3 heteroatoms. The van der Waals surface area contributed by atoms with Gasteiger partial charge in [0.05, 0.1) is 21.1 Å². The lowest BCUT2D eigenvalue weighted by atomic mass is 10.1. The quantitative estimate of drug-likeness (QED) is 0.563. The number of hydrogen-bond donors (Lipinski definition) is 2. The Labute approximate surface area is 68.9 Å². The molecule has 11 heavy (non-hydrogen) atoms. The molecule has 0 radical (unpaired) electrons. The summed E-state index contributed by atoms with van der Waals surface area (Å²) in [4.78, 5) is 0. The zero-order valence-electron chi connectivity index (χ0n) is 7.91. The highest BCUT2D eigenvalue weighted by Gasteiger charge is 2.27. The van der Waals surface area contributed by atoms with Crippen LogP contribution in [0.5, 0.6) is 0 Å². The molecule has 0 amide bonds. The van der Waals surface area contributed by atoms with Crippen molar-refractivity contribution < 1.29 is 14.7 Å². The zero-order chi connectivity index (χ0) is 9.07. The Balaban J connectivity index is 4.10. The van der Waals surface area contributed by atoms with Crippen LogP contribution in [-0.2, 0) is 0 Å². The lowest BCUT2D eigenvalue weighted by Crippen LogP contribution is -2.51. The zero-order valence-corrected chi connectivity index (χ0v) is 7.91. The van der Waals surface area contributed by atoms with E-state index in [1.165, 1.54) is 0 Å². The molecule has 0 aliphatic rings. The van der Waals surface area contributed by atoms with E-state index in [4.69, 9.17) is 5.11 Å². The van der Waals surface area contributed by atoms with Gasteiger partial charge in [0.25, 0.3) is 0 Å². The molecule has 68 valence electrons. The molecule has 2 N–H and O–H groups in total.